The van der Waals surface area contributed by atoms with Gasteiger partial charge in [0.25, 0.3) is 0 Å². The van der Waals surface area contributed by atoms with Gasteiger partial charge in [-0.2, -0.15) is 0 Å². The molecule has 0 bridgehead atoms. The molecular weight excluding hydrogens is 274 g/mol. The van der Waals surface area contributed by atoms with Crippen LogP contribution in [0.25, 0.3) is 0 Å². The van der Waals surface area contributed by atoms with Crippen molar-refractivity contribution in [2.75, 3.05) is 5.43 Å². The number of carboxylic acid groups (broad SMARTS) is 2. The first-order valence-electron chi connectivity index (χ1n) is 5.90. The molecule has 3 N–H and O–H groups in total. The van der Waals surface area contributed by atoms with E-state index in [1.807, 2.05) is 0 Å². The molecule has 0 heterocycles. The number of nitrogens with zero attached hydrogens (tertiary/aromatic N) is 2. The summed E-state index contributed by atoms with van der Waals surface area (Å²) in [5.74, 6) is -2.08. The van der Waals surface area contributed by atoms with Gasteiger partial charge in [-0.3, -0.25) is 5.43 Å². The van der Waals surface area contributed by atoms with Crippen LogP contribution >= 0.6 is 0 Å². The lowest BCUT2D eigenvalue weighted by Gasteiger charge is -2.00. The third-order valence-corrected chi connectivity index (χ3v) is 2.55. The smallest absolute Gasteiger partial charge is 0.335 e. The normalized spacial score (nSPS) is 10.5. The van der Waals surface area contributed by atoms with E-state index < -0.39 is 11.9 Å². The van der Waals surface area contributed by atoms with Crippen molar-refractivity contribution in [3.8, 4) is 0 Å². The number of carboxylic acids is 2. The van der Waals surface area contributed by atoms with E-state index in [1.165, 1.54) is 24.3 Å². The molecule has 7 heteroatoms. The Labute approximate surface area is 119 Å². The van der Waals surface area contributed by atoms with Crippen molar-refractivity contribution in [3.05, 3.63) is 59.7 Å². The fraction of sp³-hybridized carbons (Fsp3) is 0. The molecule has 0 aromatic heterocycles. The summed E-state index contributed by atoms with van der Waals surface area (Å²) in [6, 6.07) is 12.1. The van der Waals surface area contributed by atoms with Crippen LogP contribution in [0.4, 0.5) is 11.4 Å². The molecule has 0 aliphatic carbocycles. The maximum Gasteiger partial charge on any atom is 0.335 e. The summed E-state index contributed by atoms with van der Waals surface area (Å²) in [4.78, 5) is 21.6. The average Bonchev–Trinajstić information content (AvgIpc) is 2.48. The number of aromatic carboxylic acids is 2. The van der Waals surface area contributed by atoms with Gasteiger partial charge in [0.2, 0.25) is 0 Å². The van der Waals surface area contributed by atoms with E-state index in [2.05, 4.69) is 15.8 Å². The van der Waals surface area contributed by atoms with E-state index in [-0.39, 0.29) is 11.1 Å². The third kappa shape index (κ3) is 3.87. The van der Waals surface area contributed by atoms with Crippen molar-refractivity contribution in [1.29, 1.82) is 0 Å². The highest BCUT2D eigenvalue weighted by molar-refractivity contribution is 5.89. The molecule has 106 valence electrons. The zero-order valence-electron chi connectivity index (χ0n) is 10.7. The van der Waals surface area contributed by atoms with Crippen LogP contribution in [0, 0.1) is 0 Å². The number of benzene rings is 2. The molecule has 0 spiro atoms. The van der Waals surface area contributed by atoms with Gasteiger partial charge in [-0.25, -0.2) is 9.59 Å². The predicted octanol–water partition coefficient (Wildman–Crippen LogP) is 3.19. The monoisotopic (exact) mass is 285 g/mol. The van der Waals surface area contributed by atoms with Gasteiger partial charge in [0.15, 0.2) is 0 Å². The van der Waals surface area contributed by atoms with Crippen molar-refractivity contribution in [2.45, 2.75) is 0 Å². The van der Waals surface area contributed by atoms with Crippen molar-refractivity contribution in [3.63, 3.8) is 0 Å². The molecule has 2 aromatic rings. The van der Waals surface area contributed by atoms with Crippen molar-refractivity contribution < 1.29 is 19.8 Å². The molecule has 0 aliphatic heterocycles. The second-order valence-electron chi connectivity index (χ2n) is 4.05. The summed E-state index contributed by atoms with van der Waals surface area (Å²) < 4.78 is 0. The quantitative estimate of drug-likeness (QED) is 0.577. The minimum atomic E-state index is -1.05. The Hall–Kier alpha value is -3.22. The standard InChI is InChI=1S/C14H11N3O4/c18-13(19)9-3-1-5-11(7-9)15-17-16-12-6-2-4-10(8-12)14(20)21/h1-8H,(H,15,16)(H,18,19)(H,20,21). The zero-order valence-corrected chi connectivity index (χ0v) is 10.7. The molecule has 0 aliphatic rings. The molecule has 7 nitrogen and oxygen atoms in total. The van der Waals surface area contributed by atoms with E-state index in [4.69, 9.17) is 10.2 Å². The minimum absolute atomic E-state index is 0.110. The number of anilines is 1. The number of rotatable bonds is 5. The van der Waals surface area contributed by atoms with Gasteiger partial charge in [-0.15, -0.1) is 5.11 Å². The van der Waals surface area contributed by atoms with Crippen LogP contribution in [-0.2, 0) is 0 Å². The van der Waals surface area contributed by atoms with Crippen LogP contribution in [0.3, 0.4) is 0 Å². The fourth-order valence-corrected chi connectivity index (χ4v) is 1.56. The van der Waals surface area contributed by atoms with Crippen LogP contribution in [0.2, 0.25) is 0 Å². The lowest BCUT2D eigenvalue weighted by Crippen LogP contribution is -1.97. The average molecular weight is 285 g/mol. The number of hydrogen-bond donors (Lipinski definition) is 3. The van der Waals surface area contributed by atoms with Crippen molar-refractivity contribution >= 4 is 23.3 Å². The molecule has 0 radical (unpaired) electrons. The zero-order chi connectivity index (χ0) is 15.2. The lowest BCUT2D eigenvalue weighted by atomic mass is 10.2. The first-order valence-corrected chi connectivity index (χ1v) is 5.90. The molecule has 0 atom stereocenters. The number of carbonyl (C=O) groups is 2. The van der Waals surface area contributed by atoms with E-state index in [0.29, 0.717) is 11.4 Å². The topological polar surface area (TPSA) is 111 Å². The lowest BCUT2D eigenvalue weighted by molar-refractivity contribution is 0.0686. The Morgan fingerprint density at radius 2 is 1.52 bits per heavy atom. The Bertz CT molecular complexity index is 713. The Balaban J connectivity index is 2.09. The van der Waals surface area contributed by atoms with Gasteiger partial charge in [0.05, 0.1) is 22.5 Å². The maximum atomic E-state index is 10.8. The summed E-state index contributed by atoms with van der Waals surface area (Å²) in [6.07, 6.45) is 0. The highest BCUT2D eigenvalue weighted by Crippen LogP contribution is 2.16. The summed E-state index contributed by atoms with van der Waals surface area (Å²) in [7, 11) is 0. The Kier molecular flexibility index (Phi) is 4.25. The molecule has 0 saturated heterocycles. The maximum absolute atomic E-state index is 10.8. The minimum Gasteiger partial charge on any atom is -0.478 e. The van der Waals surface area contributed by atoms with Gasteiger partial charge >= 0.3 is 11.9 Å². The van der Waals surface area contributed by atoms with Crippen LogP contribution in [0.15, 0.2) is 58.9 Å². The summed E-state index contributed by atoms with van der Waals surface area (Å²) in [6.45, 7) is 0. The first-order chi connectivity index (χ1) is 10.1. The Morgan fingerprint density at radius 3 is 2.19 bits per heavy atom. The first kappa shape index (κ1) is 14.2. The van der Waals surface area contributed by atoms with Gasteiger partial charge in [0, 0.05) is 0 Å². The van der Waals surface area contributed by atoms with Gasteiger partial charge in [-0.05, 0) is 36.4 Å². The van der Waals surface area contributed by atoms with Crippen molar-refractivity contribution in [1.82, 2.24) is 0 Å². The predicted molar refractivity (Wildman–Crippen MR) is 74.9 cm³/mol. The van der Waals surface area contributed by atoms with E-state index in [1.54, 1.807) is 24.3 Å². The molecule has 0 saturated carbocycles. The summed E-state index contributed by atoms with van der Waals surface area (Å²) >= 11 is 0. The molecule has 21 heavy (non-hydrogen) atoms. The SMILES string of the molecule is O=C(O)c1cccc(/N=N/Nc2cccc(C(=O)O)c2)c1. The van der Waals surface area contributed by atoms with Gasteiger partial charge in [0.1, 0.15) is 0 Å². The molecule has 0 amide bonds. The second kappa shape index (κ2) is 6.29. The van der Waals surface area contributed by atoms with E-state index in [0.717, 1.165) is 0 Å². The molecule has 0 fully saturated rings. The van der Waals surface area contributed by atoms with Crippen LogP contribution in [0.5, 0.6) is 0 Å². The van der Waals surface area contributed by atoms with Gasteiger partial charge in [-0.1, -0.05) is 17.4 Å². The summed E-state index contributed by atoms with van der Waals surface area (Å²) in [5, 5.41) is 25.2. The van der Waals surface area contributed by atoms with Crippen molar-refractivity contribution in [2.24, 2.45) is 10.3 Å². The molecular formula is C14H11N3O4. The van der Waals surface area contributed by atoms with Crippen LogP contribution in [0.1, 0.15) is 20.7 Å². The fourth-order valence-electron chi connectivity index (χ4n) is 1.56. The van der Waals surface area contributed by atoms with Gasteiger partial charge < -0.3 is 10.2 Å². The van der Waals surface area contributed by atoms with E-state index in [9.17, 15) is 9.59 Å². The molecule has 0 unspecified atom stereocenters. The summed E-state index contributed by atoms with van der Waals surface area (Å²) in [5.41, 5.74) is 3.66. The highest BCUT2D eigenvalue weighted by atomic mass is 16.4. The molecule has 2 aromatic carbocycles. The third-order valence-electron chi connectivity index (χ3n) is 2.55. The van der Waals surface area contributed by atoms with E-state index >= 15 is 0 Å². The van der Waals surface area contributed by atoms with Crippen LogP contribution in [-0.4, -0.2) is 22.2 Å². The second-order valence-corrected chi connectivity index (χ2v) is 4.05. The molecule has 2 rings (SSSR count). The number of nitrogens with one attached hydrogen (secondary N) is 1. The largest absolute Gasteiger partial charge is 0.478 e. The number of hydrogen-bond acceptors (Lipinski definition) is 4. The Morgan fingerprint density at radius 1 is 0.905 bits per heavy atom. The van der Waals surface area contributed by atoms with Crippen LogP contribution < -0.4 is 5.43 Å². The highest BCUT2D eigenvalue weighted by Gasteiger charge is 2.03.